The van der Waals surface area contributed by atoms with Gasteiger partial charge in [0, 0.05) is 31.8 Å². The number of anilines is 1. The fourth-order valence-corrected chi connectivity index (χ4v) is 2.33. The molecule has 0 saturated heterocycles. The monoisotopic (exact) mass is 281 g/mol. The second-order valence-corrected chi connectivity index (χ2v) is 4.93. The van der Waals surface area contributed by atoms with Crippen molar-refractivity contribution in [2.45, 2.75) is 19.3 Å². The van der Waals surface area contributed by atoms with E-state index in [4.69, 9.17) is 5.11 Å². The first-order valence-electron chi connectivity index (χ1n) is 5.88. The van der Waals surface area contributed by atoms with Gasteiger partial charge >= 0.3 is 5.97 Å². The maximum absolute atomic E-state index is 10.5. The molecule has 0 atom stereocenters. The van der Waals surface area contributed by atoms with Gasteiger partial charge < -0.3 is 15.0 Å². The molecule has 0 bridgehead atoms. The van der Waals surface area contributed by atoms with Crippen molar-refractivity contribution in [2.24, 2.45) is 7.05 Å². The van der Waals surface area contributed by atoms with Crippen LogP contribution in [0.15, 0.2) is 11.7 Å². The molecule has 0 spiro atoms. The molecule has 19 heavy (non-hydrogen) atoms. The van der Waals surface area contributed by atoms with Crippen molar-refractivity contribution in [3.05, 3.63) is 23.2 Å². The Balaban J connectivity index is 1.77. The summed E-state index contributed by atoms with van der Waals surface area (Å²) in [5, 5.41) is 22.3. The minimum absolute atomic E-state index is 0.113. The maximum atomic E-state index is 10.5. The lowest BCUT2D eigenvalue weighted by Gasteiger charge is -2.01. The smallest absolute Gasteiger partial charge is 0.303 e. The Labute approximate surface area is 114 Å². The van der Waals surface area contributed by atoms with Crippen molar-refractivity contribution in [2.75, 3.05) is 11.9 Å². The number of nitrogens with zero attached hydrogens (tertiary/aromatic N) is 4. The van der Waals surface area contributed by atoms with Crippen molar-refractivity contribution in [3.63, 3.8) is 0 Å². The minimum atomic E-state index is -0.801. The molecule has 0 aliphatic heterocycles. The first kappa shape index (κ1) is 13.5. The number of aliphatic carboxylic acids is 1. The first-order chi connectivity index (χ1) is 9.15. The van der Waals surface area contributed by atoms with Crippen LogP contribution in [0, 0.1) is 0 Å². The first-order valence-corrected chi connectivity index (χ1v) is 6.76. The predicted molar refractivity (Wildman–Crippen MR) is 71.3 cm³/mol. The zero-order valence-electron chi connectivity index (χ0n) is 10.5. The van der Waals surface area contributed by atoms with E-state index in [2.05, 4.69) is 20.5 Å². The third kappa shape index (κ3) is 4.02. The van der Waals surface area contributed by atoms with Crippen LogP contribution in [0.25, 0.3) is 0 Å². The molecule has 2 heterocycles. The van der Waals surface area contributed by atoms with Crippen molar-refractivity contribution < 1.29 is 9.90 Å². The molecule has 7 nitrogen and oxygen atoms in total. The van der Waals surface area contributed by atoms with Crippen LogP contribution in [0.3, 0.4) is 0 Å². The van der Waals surface area contributed by atoms with E-state index >= 15 is 0 Å². The number of carbonyl (C=O) groups is 1. The standard InChI is InChI=1S/C11H15N5O2S/c1-16-7-13-15-9(16)4-5-12-11-14-8(6-19-11)2-3-10(17)18/h6-7H,2-5H2,1H3,(H,12,14)(H,17,18). The summed E-state index contributed by atoms with van der Waals surface area (Å²) in [5.41, 5.74) is 0.813. The molecule has 0 amide bonds. The Morgan fingerprint density at radius 3 is 3.05 bits per heavy atom. The number of hydrogen-bond acceptors (Lipinski definition) is 6. The summed E-state index contributed by atoms with van der Waals surface area (Å²) in [6, 6.07) is 0. The number of nitrogens with one attached hydrogen (secondary N) is 1. The Bertz CT molecular complexity index is 551. The zero-order chi connectivity index (χ0) is 13.7. The highest BCUT2D eigenvalue weighted by atomic mass is 32.1. The van der Waals surface area contributed by atoms with E-state index in [1.54, 1.807) is 6.33 Å². The molecule has 2 rings (SSSR count). The van der Waals surface area contributed by atoms with Crippen molar-refractivity contribution in [1.82, 2.24) is 19.7 Å². The fraction of sp³-hybridized carbons (Fsp3) is 0.455. The van der Waals surface area contributed by atoms with Crippen LogP contribution in [0.2, 0.25) is 0 Å². The molecular weight excluding hydrogens is 266 g/mol. The van der Waals surface area contributed by atoms with E-state index in [1.807, 2.05) is 17.0 Å². The van der Waals surface area contributed by atoms with Gasteiger partial charge in [-0.1, -0.05) is 0 Å². The van der Waals surface area contributed by atoms with Crippen LogP contribution in [0.5, 0.6) is 0 Å². The van der Waals surface area contributed by atoms with Gasteiger partial charge in [0.2, 0.25) is 0 Å². The number of thiazole rings is 1. The van der Waals surface area contributed by atoms with Gasteiger partial charge in [-0.05, 0) is 0 Å². The Hall–Kier alpha value is -1.96. The second-order valence-electron chi connectivity index (χ2n) is 4.07. The predicted octanol–water partition coefficient (Wildman–Crippen LogP) is 0.943. The quantitative estimate of drug-likeness (QED) is 0.784. The third-order valence-corrected chi connectivity index (χ3v) is 3.43. The minimum Gasteiger partial charge on any atom is -0.481 e. The van der Waals surface area contributed by atoms with E-state index in [0.29, 0.717) is 6.42 Å². The van der Waals surface area contributed by atoms with Gasteiger partial charge in [0.25, 0.3) is 0 Å². The summed E-state index contributed by atoms with van der Waals surface area (Å²) in [4.78, 5) is 14.8. The number of carboxylic acids is 1. The summed E-state index contributed by atoms with van der Waals surface area (Å²) in [6.07, 6.45) is 3.02. The Morgan fingerprint density at radius 1 is 1.53 bits per heavy atom. The van der Waals surface area contributed by atoms with Crippen LogP contribution in [-0.2, 0) is 24.7 Å². The second kappa shape index (κ2) is 6.28. The average Bonchev–Trinajstić information content (AvgIpc) is 2.97. The van der Waals surface area contributed by atoms with Gasteiger partial charge in [0.05, 0.1) is 12.1 Å². The lowest BCUT2D eigenvalue weighted by Crippen LogP contribution is -2.08. The van der Waals surface area contributed by atoms with Gasteiger partial charge in [-0.2, -0.15) is 0 Å². The summed E-state index contributed by atoms with van der Waals surface area (Å²) < 4.78 is 1.88. The molecule has 0 aromatic carbocycles. The number of hydrogen-bond donors (Lipinski definition) is 2. The molecule has 0 aliphatic rings. The molecule has 0 aliphatic carbocycles. The maximum Gasteiger partial charge on any atom is 0.303 e. The van der Waals surface area contributed by atoms with E-state index in [1.165, 1.54) is 11.3 Å². The van der Waals surface area contributed by atoms with E-state index in [0.717, 1.165) is 29.6 Å². The Kier molecular flexibility index (Phi) is 4.45. The summed E-state index contributed by atoms with van der Waals surface area (Å²) in [7, 11) is 1.91. The van der Waals surface area contributed by atoms with Gasteiger partial charge in [-0.25, -0.2) is 4.98 Å². The number of rotatable bonds is 7. The van der Waals surface area contributed by atoms with Crippen LogP contribution in [-0.4, -0.2) is 37.4 Å². The Morgan fingerprint density at radius 2 is 2.37 bits per heavy atom. The van der Waals surface area contributed by atoms with Gasteiger partial charge in [0.1, 0.15) is 12.2 Å². The molecule has 8 heteroatoms. The molecule has 0 radical (unpaired) electrons. The van der Waals surface area contributed by atoms with E-state index < -0.39 is 5.97 Å². The lowest BCUT2D eigenvalue weighted by atomic mass is 10.2. The highest BCUT2D eigenvalue weighted by Crippen LogP contribution is 2.16. The van der Waals surface area contributed by atoms with Crippen LogP contribution in [0.1, 0.15) is 17.9 Å². The average molecular weight is 281 g/mol. The summed E-state index contributed by atoms with van der Waals surface area (Å²) in [5.74, 6) is 0.111. The van der Waals surface area contributed by atoms with Gasteiger partial charge in [-0.3, -0.25) is 4.79 Å². The van der Waals surface area contributed by atoms with E-state index in [-0.39, 0.29) is 6.42 Å². The molecule has 0 unspecified atom stereocenters. The number of aryl methyl sites for hydroxylation is 2. The summed E-state index contributed by atoms with van der Waals surface area (Å²) in [6.45, 7) is 0.721. The normalized spacial score (nSPS) is 10.6. The SMILES string of the molecule is Cn1cnnc1CCNc1nc(CCC(=O)O)cs1. The number of carboxylic acid groups (broad SMARTS) is 1. The molecule has 2 aromatic rings. The topological polar surface area (TPSA) is 92.9 Å². The largest absolute Gasteiger partial charge is 0.481 e. The van der Waals surface area contributed by atoms with Crippen LogP contribution in [0.4, 0.5) is 5.13 Å². The highest BCUT2D eigenvalue weighted by molar-refractivity contribution is 7.13. The number of aromatic nitrogens is 4. The van der Waals surface area contributed by atoms with Crippen molar-refractivity contribution in [3.8, 4) is 0 Å². The zero-order valence-corrected chi connectivity index (χ0v) is 11.4. The van der Waals surface area contributed by atoms with Gasteiger partial charge in [0.15, 0.2) is 5.13 Å². The van der Waals surface area contributed by atoms with Crippen LogP contribution < -0.4 is 5.32 Å². The van der Waals surface area contributed by atoms with Crippen molar-refractivity contribution in [1.29, 1.82) is 0 Å². The van der Waals surface area contributed by atoms with Gasteiger partial charge in [-0.15, -0.1) is 21.5 Å². The van der Waals surface area contributed by atoms with Crippen molar-refractivity contribution >= 4 is 22.4 Å². The fourth-order valence-electron chi connectivity index (χ4n) is 1.55. The van der Waals surface area contributed by atoms with Crippen LogP contribution >= 0.6 is 11.3 Å². The summed E-state index contributed by atoms with van der Waals surface area (Å²) >= 11 is 1.48. The molecule has 0 saturated carbocycles. The molecular formula is C11H15N5O2S. The molecule has 102 valence electrons. The molecule has 2 N–H and O–H groups in total. The molecule has 0 fully saturated rings. The third-order valence-electron chi connectivity index (χ3n) is 2.58. The molecule has 2 aromatic heterocycles. The highest BCUT2D eigenvalue weighted by Gasteiger charge is 2.05. The van der Waals surface area contributed by atoms with E-state index in [9.17, 15) is 4.79 Å². The lowest BCUT2D eigenvalue weighted by molar-refractivity contribution is -0.136.